The number of hydrogen-bond donors (Lipinski definition) is 0. The minimum absolute atomic E-state index is 0. The van der Waals surface area contributed by atoms with Crippen LogP contribution in [0.1, 0.15) is 0 Å². The van der Waals surface area contributed by atoms with Crippen molar-refractivity contribution in [2.24, 2.45) is 0 Å². The van der Waals surface area contributed by atoms with E-state index in [1.165, 1.54) is 22.1 Å². The van der Waals surface area contributed by atoms with Crippen LogP contribution >= 0.6 is 17.0 Å². The van der Waals surface area contributed by atoms with Gasteiger partial charge in [-0.15, -0.1) is 17.0 Å². The number of hydrogen-bond acceptors (Lipinski definition) is 2. The summed E-state index contributed by atoms with van der Waals surface area (Å²) < 4.78 is 0. The van der Waals surface area contributed by atoms with Crippen molar-refractivity contribution in [3.63, 3.8) is 0 Å². The van der Waals surface area contributed by atoms with Crippen LogP contribution < -0.4 is 9.80 Å². The van der Waals surface area contributed by atoms with Crippen LogP contribution in [0.5, 0.6) is 0 Å². The molecule has 0 unspecified atom stereocenters. The molecule has 3 heteroatoms. The van der Waals surface area contributed by atoms with Crippen LogP contribution in [-0.4, -0.2) is 28.2 Å². The predicted molar refractivity (Wildman–Crippen MR) is 82.9 cm³/mol. The fourth-order valence-electron chi connectivity index (χ4n) is 2.05. The average molecular weight is 295 g/mol. The first-order chi connectivity index (χ1) is 7.61. The molecule has 0 saturated heterocycles. The van der Waals surface area contributed by atoms with Gasteiger partial charge in [-0.25, -0.2) is 0 Å². The highest BCUT2D eigenvalue weighted by Gasteiger charge is 2.08. The molecule has 0 aliphatic carbocycles. The largest absolute Gasteiger partial charge is 0.377 e. The molecule has 0 saturated carbocycles. The summed E-state index contributed by atoms with van der Waals surface area (Å²) in [5.74, 6) is 0. The van der Waals surface area contributed by atoms with Gasteiger partial charge in [-0.2, -0.15) is 0 Å². The second-order valence-corrected chi connectivity index (χ2v) is 4.44. The summed E-state index contributed by atoms with van der Waals surface area (Å²) in [7, 11) is 8.34. The van der Waals surface area contributed by atoms with Gasteiger partial charge in [0.2, 0.25) is 0 Å². The summed E-state index contributed by atoms with van der Waals surface area (Å²) >= 11 is 0. The summed E-state index contributed by atoms with van der Waals surface area (Å²) in [6.45, 7) is 0. The van der Waals surface area contributed by atoms with Gasteiger partial charge in [0.15, 0.2) is 0 Å². The fraction of sp³-hybridized carbons (Fsp3) is 0.286. The lowest BCUT2D eigenvalue weighted by Gasteiger charge is -2.21. The van der Waals surface area contributed by atoms with Crippen LogP contribution in [0.25, 0.3) is 10.8 Å². The lowest BCUT2D eigenvalue weighted by Crippen LogP contribution is -2.13. The van der Waals surface area contributed by atoms with E-state index in [0.29, 0.717) is 0 Å². The van der Waals surface area contributed by atoms with Gasteiger partial charge < -0.3 is 9.80 Å². The van der Waals surface area contributed by atoms with Gasteiger partial charge in [0.25, 0.3) is 0 Å². The molecular formula is C14H19BrN2. The molecule has 2 nitrogen and oxygen atoms in total. The van der Waals surface area contributed by atoms with E-state index in [1.807, 2.05) is 0 Å². The molecule has 0 aromatic heterocycles. The molecule has 0 aliphatic rings. The molecular weight excluding hydrogens is 276 g/mol. The minimum atomic E-state index is 0. The molecule has 0 heterocycles. The zero-order valence-corrected chi connectivity index (χ0v) is 12.5. The van der Waals surface area contributed by atoms with Gasteiger partial charge >= 0.3 is 0 Å². The predicted octanol–water partition coefficient (Wildman–Crippen LogP) is 3.55. The molecule has 0 N–H and O–H groups in total. The molecule has 0 atom stereocenters. The third-order valence-corrected chi connectivity index (χ3v) is 2.82. The van der Waals surface area contributed by atoms with E-state index < -0.39 is 0 Å². The first-order valence-corrected chi connectivity index (χ1v) is 5.47. The van der Waals surface area contributed by atoms with Gasteiger partial charge in [0.1, 0.15) is 0 Å². The zero-order valence-electron chi connectivity index (χ0n) is 10.8. The Labute approximate surface area is 114 Å². The smallest absolute Gasteiger partial charge is 0.0461 e. The third-order valence-electron chi connectivity index (χ3n) is 2.82. The van der Waals surface area contributed by atoms with Crippen molar-refractivity contribution in [3.8, 4) is 0 Å². The highest BCUT2D eigenvalue weighted by atomic mass is 79.9. The van der Waals surface area contributed by atoms with E-state index in [9.17, 15) is 0 Å². The maximum atomic E-state index is 2.16. The SMILES string of the molecule is Br.CN(C)c1cccc2cccc(N(C)C)c12. The molecule has 0 amide bonds. The number of benzene rings is 2. The van der Waals surface area contributed by atoms with E-state index in [1.54, 1.807) is 0 Å². The number of halogens is 1. The number of fused-ring (bicyclic) bond motifs is 1. The van der Waals surface area contributed by atoms with Gasteiger partial charge in [0, 0.05) is 45.0 Å². The molecule has 0 radical (unpaired) electrons. The van der Waals surface area contributed by atoms with Crippen molar-refractivity contribution in [2.45, 2.75) is 0 Å². The van der Waals surface area contributed by atoms with Crippen molar-refractivity contribution in [3.05, 3.63) is 36.4 Å². The minimum Gasteiger partial charge on any atom is -0.377 e. The number of nitrogens with zero attached hydrogens (tertiary/aromatic N) is 2. The second kappa shape index (κ2) is 5.41. The number of rotatable bonds is 2. The summed E-state index contributed by atoms with van der Waals surface area (Å²) in [5.41, 5.74) is 2.53. The topological polar surface area (TPSA) is 6.48 Å². The van der Waals surface area contributed by atoms with Crippen LogP contribution in [0.4, 0.5) is 11.4 Å². The molecule has 2 aromatic carbocycles. The first-order valence-electron chi connectivity index (χ1n) is 5.47. The van der Waals surface area contributed by atoms with Gasteiger partial charge in [-0.05, 0) is 17.5 Å². The van der Waals surface area contributed by atoms with Gasteiger partial charge in [-0.1, -0.05) is 24.3 Å². The molecule has 0 fully saturated rings. The Morgan fingerprint density at radius 1 is 0.706 bits per heavy atom. The van der Waals surface area contributed by atoms with Crippen molar-refractivity contribution < 1.29 is 0 Å². The second-order valence-electron chi connectivity index (χ2n) is 4.44. The monoisotopic (exact) mass is 294 g/mol. The molecule has 92 valence electrons. The molecule has 0 aliphatic heterocycles. The Kier molecular flexibility index (Phi) is 4.40. The van der Waals surface area contributed by atoms with Crippen molar-refractivity contribution in [1.29, 1.82) is 0 Å². The normalized spacial score (nSPS) is 9.88. The van der Waals surface area contributed by atoms with E-state index in [-0.39, 0.29) is 17.0 Å². The lowest BCUT2D eigenvalue weighted by atomic mass is 10.1. The quantitative estimate of drug-likeness (QED) is 0.836. The number of anilines is 2. The molecule has 17 heavy (non-hydrogen) atoms. The standard InChI is InChI=1S/C14H18N2.BrH/c1-15(2)12-9-5-7-11-8-6-10-13(14(11)12)16(3)4;/h5-10H,1-4H3;1H. The zero-order chi connectivity index (χ0) is 11.7. The Bertz CT molecular complexity index is 464. The molecule has 2 aromatic rings. The van der Waals surface area contributed by atoms with Crippen LogP contribution in [0.15, 0.2) is 36.4 Å². The molecule has 0 spiro atoms. The summed E-state index contributed by atoms with van der Waals surface area (Å²) in [6.07, 6.45) is 0. The van der Waals surface area contributed by atoms with Crippen LogP contribution in [0.3, 0.4) is 0 Å². The third kappa shape index (κ3) is 2.55. The van der Waals surface area contributed by atoms with Crippen LogP contribution in [0, 0.1) is 0 Å². The Hall–Kier alpha value is -1.22. The maximum absolute atomic E-state index is 2.16. The Balaban J connectivity index is 0.00000144. The van der Waals surface area contributed by atoms with Gasteiger partial charge in [0.05, 0.1) is 0 Å². The fourth-order valence-corrected chi connectivity index (χ4v) is 2.05. The maximum Gasteiger partial charge on any atom is 0.0461 e. The Morgan fingerprint density at radius 2 is 1.12 bits per heavy atom. The molecule has 2 rings (SSSR count). The van der Waals surface area contributed by atoms with E-state index in [0.717, 1.165) is 0 Å². The van der Waals surface area contributed by atoms with Crippen LogP contribution in [-0.2, 0) is 0 Å². The van der Waals surface area contributed by atoms with E-state index >= 15 is 0 Å². The summed E-state index contributed by atoms with van der Waals surface area (Å²) in [4.78, 5) is 4.32. The Morgan fingerprint density at radius 3 is 1.47 bits per heavy atom. The van der Waals surface area contributed by atoms with E-state index in [4.69, 9.17) is 0 Å². The average Bonchev–Trinajstić information content (AvgIpc) is 2.27. The van der Waals surface area contributed by atoms with Crippen molar-refractivity contribution in [1.82, 2.24) is 0 Å². The highest BCUT2D eigenvalue weighted by molar-refractivity contribution is 8.93. The van der Waals surface area contributed by atoms with Crippen molar-refractivity contribution in [2.75, 3.05) is 38.0 Å². The highest BCUT2D eigenvalue weighted by Crippen LogP contribution is 2.33. The van der Waals surface area contributed by atoms with E-state index in [2.05, 4.69) is 74.4 Å². The summed E-state index contributed by atoms with van der Waals surface area (Å²) in [5, 5.41) is 2.61. The molecule has 0 bridgehead atoms. The van der Waals surface area contributed by atoms with Crippen molar-refractivity contribution >= 4 is 39.1 Å². The summed E-state index contributed by atoms with van der Waals surface area (Å²) in [6, 6.07) is 12.9. The van der Waals surface area contributed by atoms with Crippen LogP contribution in [0.2, 0.25) is 0 Å². The first kappa shape index (κ1) is 13.8. The van der Waals surface area contributed by atoms with Gasteiger partial charge in [-0.3, -0.25) is 0 Å². The lowest BCUT2D eigenvalue weighted by molar-refractivity contribution is 1.12.